The fraction of sp³-hybridized carbons (Fsp3) is 0.364. The Hall–Kier alpha value is -2.53. The van der Waals surface area contributed by atoms with Crippen LogP contribution in [0.4, 0.5) is 4.39 Å². The Labute approximate surface area is 195 Å². The molecule has 3 aromatic rings. The van der Waals surface area contributed by atoms with Crippen molar-refractivity contribution in [3.63, 3.8) is 0 Å². The largest absolute Gasteiger partial charge is 0.454 e. The maximum atomic E-state index is 14.0. The van der Waals surface area contributed by atoms with Crippen LogP contribution in [-0.2, 0) is 32.6 Å². The van der Waals surface area contributed by atoms with Crippen molar-refractivity contribution >= 4 is 38.6 Å². The molecule has 0 saturated carbocycles. The van der Waals surface area contributed by atoms with Crippen molar-refractivity contribution in [3.05, 3.63) is 58.6 Å². The van der Waals surface area contributed by atoms with Gasteiger partial charge in [0.15, 0.2) is 0 Å². The van der Waals surface area contributed by atoms with Crippen molar-refractivity contribution in [2.45, 2.75) is 31.4 Å². The molecule has 0 aliphatic carbocycles. The molecular weight excluding hydrogens is 473 g/mol. The van der Waals surface area contributed by atoms with E-state index in [9.17, 15) is 17.6 Å². The minimum Gasteiger partial charge on any atom is -0.454 e. The standard InChI is InChI=1S/C22H23ClFN3O5S/c1-2-7-27-20-6-4-16(33(29,30)26-8-10-31-11-9-26)13-19(20)25-21(27)14-32-22(28)17-5-3-15(23)12-18(17)24/h3-6,12-13H,2,7-11,14H2,1H3. The van der Waals surface area contributed by atoms with Crippen LogP contribution in [0.3, 0.4) is 0 Å². The van der Waals surface area contributed by atoms with E-state index in [4.69, 9.17) is 21.1 Å². The molecule has 0 atom stereocenters. The highest BCUT2D eigenvalue weighted by Gasteiger charge is 2.27. The first-order valence-electron chi connectivity index (χ1n) is 10.5. The number of imidazole rings is 1. The number of sulfonamides is 1. The molecule has 0 unspecified atom stereocenters. The summed E-state index contributed by atoms with van der Waals surface area (Å²) in [4.78, 5) is 17.0. The summed E-state index contributed by atoms with van der Waals surface area (Å²) in [7, 11) is -3.67. The van der Waals surface area contributed by atoms with Gasteiger partial charge in [0.2, 0.25) is 10.0 Å². The lowest BCUT2D eigenvalue weighted by Crippen LogP contribution is -2.40. The van der Waals surface area contributed by atoms with Gasteiger partial charge in [0.1, 0.15) is 18.2 Å². The van der Waals surface area contributed by atoms with Gasteiger partial charge in [0.25, 0.3) is 0 Å². The van der Waals surface area contributed by atoms with E-state index < -0.39 is 21.8 Å². The van der Waals surface area contributed by atoms with Crippen LogP contribution in [0.2, 0.25) is 5.02 Å². The Balaban J connectivity index is 1.61. The monoisotopic (exact) mass is 495 g/mol. The molecule has 1 aromatic heterocycles. The molecule has 1 saturated heterocycles. The highest BCUT2D eigenvalue weighted by Crippen LogP contribution is 2.25. The molecule has 0 amide bonds. The van der Waals surface area contributed by atoms with Crippen molar-refractivity contribution in [2.75, 3.05) is 26.3 Å². The molecule has 4 rings (SSSR count). The predicted molar refractivity (Wildman–Crippen MR) is 120 cm³/mol. The summed E-state index contributed by atoms with van der Waals surface area (Å²) in [5, 5.41) is 0.177. The van der Waals surface area contributed by atoms with E-state index in [0.717, 1.165) is 18.0 Å². The average molecular weight is 496 g/mol. The van der Waals surface area contributed by atoms with E-state index in [1.807, 2.05) is 11.5 Å². The molecular formula is C22H23ClFN3O5S. The Bertz CT molecular complexity index is 1290. The second-order valence-electron chi connectivity index (χ2n) is 7.55. The fourth-order valence-electron chi connectivity index (χ4n) is 3.70. The molecule has 176 valence electrons. The van der Waals surface area contributed by atoms with E-state index in [1.165, 1.54) is 22.5 Å². The summed E-state index contributed by atoms with van der Waals surface area (Å²) in [6.45, 7) is 3.70. The minimum atomic E-state index is -3.67. The van der Waals surface area contributed by atoms with Gasteiger partial charge in [0, 0.05) is 24.7 Å². The Kier molecular flexibility index (Phi) is 6.99. The number of fused-ring (bicyclic) bond motifs is 1. The topological polar surface area (TPSA) is 90.7 Å². The first-order valence-corrected chi connectivity index (χ1v) is 12.3. The number of benzene rings is 2. The summed E-state index contributed by atoms with van der Waals surface area (Å²) < 4.78 is 53.8. The predicted octanol–water partition coefficient (Wildman–Crippen LogP) is 3.62. The number of hydrogen-bond donors (Lipinski definition) is 0. The van der Waals surface area contributed by atoms with E-state index in [0.29, 0.717) is 44.2 Å². The Morgan fingerprint density at radius 2 is 1.97 bits per heavy atom. The molecule has 0 bridgehead atoms. The maximum Gasteiger partial charge on any atom is 0.341 e. The number of carbonyl (C=O) groups is 1. The van der Waals surface area contributed by atoms with Crippen LogP contribution in [0.25, 0.3) is 11.0 Å². The van der Waals surface area contributed by atoms with Gasteiger partial charge < -0.3 is 14.0 Å². The molecule has 8 nitrogen and oxygen atoms in total. The molecule has 2 aromatic carbocycles. The minimum absolute atomic E-state index is 0.143. The van der Waals surface area contributed by atoms with Crippen molar-refractivity contribution in [2.24, 2.45) is 0 Å². The molecule has 0 N–H and O–H groups in total. The van der Waals surface area contributed by atoms with E-state index in [1.54, 1.807) is 12.1 Å². The molecule has 0 spiro atoms. The van der Waals surface area contributed by atoms with Crippen molar-refractivity contribution < 1.29 is 27.1 Å². The number of rotatable bonds is 7. The normalized spacial score (nSPS) is 15.1. The summed E-state index contributed by atoms with van der Waals surface area (Å²) in [5.74, 6) is -1.17. The fourth-order valence-corrected chi connectivity index (χ4v) is 5.29. The van der Waals surface area contributed by atoms with Gasteiger partial charge in [-0.1, -0.05) is 18.5 Å². The zero-order valence-corrected chi connectivity index (χ0v) is 19.5. The van der Waals surface area contributed by atoms with Crippen LogP contribution in [0.15, 0.2) is 41.3 Å². The third-order valence-corrected chi connectivity index (χ3v) is 7.47. The van der Waals surface area contributed by atoms with Gasteiger partial charge >= 0.3 is 5.97 Å². The summed E-state index contributed by atoms with van der Waals surface area (Å²) in [6.07, 6.45) is 0.784. The van der Waals surface area contributed by atoms with Crippen molar-refractivity contribution in [3.8, 4) is 0 Å². The second-order valence-corrected chi connectivity index (χ2v) is 9.92. The molecule has 1 aliphatic heterocycles. The number of aromatic nitrogens is 2. The maximum absolute atomic E-state index is 14.0. The molecule has 1 aliphatic rings. The second kappa shape index (κ2) is 9.76. The third-order valence-electron chi connectivity index (χ3n) is 5.34. The molecule has 2 heterocycles. The number of esters is 1. The summed E-state index contributed by atoms with van der Waals surface area (Å²) in [6, 6.07) is 8.49. The van der Waals surface area contributed by atoms with Gasteiger partial charge in [-0.2, -0.15) is 4.31 Å². The lowest BCUT2D eigenvalue weighted by atomic mass is 10.2. The number of ether oxygens (including phenoxy) is 2. The van der Waals surface area contributed by atoms with Crippen LogP contribution < -0.4 is 0 Å². The average Bonchev–Trinajstić information content (AvgIpc) is 3.15. The van der Waals surface area contributed by atoms with E-state index in [-0.39, 0.29) is 22.1 Å². The van der Waals surface area contributed by atoms with Gasteiger partial charge in [-0.05, 0) is 42.8 Å². The van der Waals surface area contributed by atoms with Gasteiger partial charge in [-0.3, -0.25) is 0 Å². The summed E-state index contributed by atoms with van der Waals surface area (Å²) >= 11 is 5.73. The van der Waals surface area contributed by atoms with E-state index in [2.05, 4.69) is 4.98 Å². The SMILES string of the molecule is CCCn1c(COC(=O)c2ccc(Cl)cc2F)nc2cc(S(=O)(=O)N3CCOCC3)ccc21. The first kappa shape index (κ1) is 23.6. The van der Waals surface area contributed by atoms with Crippen LogP contribution >= 0.6 is 11.6 Å². The number of hydrogen-bond acceptors (Lipinski definition) is 6. The highest BCUT2D eigenvalue weighted by atomic mass is 35.5. The summed E-state index contributed by atoms with van der Waals surface area (Å²) in [5.41, 5.74) is 0.972. The van der Waals surface area contributed by atoms with Gasteiger partial charge in [-0.25, -0.2) is 22.6 Å². The Morgan fingerprint density at radius 1 is 1.21 bits per heavy atom. The number of aryl methyl sites for hydroxylation is 1. The van der Waals surface area contributed by atoms with Gasteiger partial charge in [0.05, 0.1) is 34.7 Å². The Morgan fingerprint density at radius 3 is 2.67 bits per heavy atom. The highest BCUT2D eigenvalue weighted by molar-refractivity contribution is 7.89. The number of carbonyl (C=O) groups excluding carboxylic acids is 1. The van der Waals surface area contributed by atoms with Gasteiger partial charge in [-0.15, -0.1) is 0 Å². The van der Waals surface area contributed by atoms with Crippen LogP contribution in [0.1, 0.15) is 29.5 Å². The van der Waals surface area contributed by atoms with Crippen molar-refractivity contribution in [1.29, 1.82) is 0 Å². The molecule has 0 radical (unpaired) electrons. The van der Waals surface area contributed by atoms with Crippen LogP contribution in [0.5, 0.6) is 0 Å². The molecule has 1 fully saturated rings. The third kappa shape index (κ3) is 4.89. The lowest BCUT2D eigenvalue weighted by molar-refractivity contribution is 0.0453. The van der Waals surface area contributed by atoms with Crippen molar-refractivity contribution in [1.82, 2.24) is 13.9 Å². The number of halogens is 2. The zero-order valence-electron chi connectivity index (χ0n) is 18.0. The quantitative estimate of drug-likeness (QED) is 0.465. The number of nitrogens with zero attached hydrogens (tertiary/aromatic N) is 3. The lowest BCUT2D eigenvalue weighted by Gasteiger charge is -2.26. The van der Waals surface area contributed by atoms with E-state index >= 15 is 0 Å². The molecule has 11 heteroatoms. The van der Waals surface area contributed by atoms with Crippen LogP contribution in [-0.4, -0.2) is 54.5 Å². The first-order chi connectivity index (χ1) is 15.8. The van der Waals surface area contributed by atoms with Crippen LogP contribution in [0, 0.1) is 5.82 Å². The molecule has 33 heavy (non-hydrogen) atoms. The number of morpholine rings is 1. The smallest absolute Gasteiger partial charge is 0.341 e. The zero-order chi connectivity index (χ0) is 23.6.